The Kier molecular flexibility index (Phi) is 3.48. The highest BCUT2D eigenvalue weighted by Crippen LogP contribution is 2.15. The molecule has 0 aliphatic rings. The number of benzene rings is 1. The topological polar surface area (TPSA) is 64.6 Å². The molecular weight excluding hydrogens is 258 g/mol. The number of fused-ring (bicyclic) bond motifs is 1. The van der Waals surface area contributed by atoms with Crippen molar-refractivity contribution in [1.29, 1.82) is 0 Å². The fourth-order valence-corrected chi connectivity index (χ4v) is 2.89. The summed E-state index contributed by atoms with van der Waals surface area (Å²) in [5, 5.41) is 0.539. The van der Waals surface area contributed by atoms with Crippen LogP contribution in [0.5, 0.6) is 0 Å². The monoisotopic (exact) mass is 271 g/mol. The van der Waals surface area contributed by atoms with Gasteiger partial charge in [0.1, 0.15) is 5.75 Å². The number of hydrogen-bond acceptors (Lipinski definition) is 3. The van der Waals surface area contributed by atoms with Gasteiger partial charge in [-0.15, -0.1) is 0 Å². The molecule has 2 aromatic heterocycles. The van der Waals surface area contributed by atoms with E-state index in [2.05, 4.69) is 15.0 Å². The number of aromatic amines is 1. The molecule has 0 bridgehead atoms. The zero-order chi connectivity index (χ0) is 13.1. The van der Waals surface area contributed by atoms with Gasteiger partial charge >= 0.3 is 5.16 Å². The lowest BCUT2D eigenvalue weighted by molar-refractivity contribution is 0.587. The number of rotatable bonds is 4. The lowest BCUT2D eigenvalue weighted by atomic mass is 10.3. The fourth-order valence-electron chi connectivity index (χ4n) is 1.88. The number of H-pyrrole nitrogens is 1. The van der Waals surface area contributed by atoms with Crippen LogP contribution in [-0.4, -0.2) is 25.3 Å². The summed E-state index contributed by atoms with van der Waals surface area (Å²) in [6.07, 6.45) is 2.43. The molecule has 19 heavy (non-hydrogen) atoms. The van der Waals surface area contributed by atoms with E-state index in [-0.39, 0.29) is 0 Å². The first-order chi connectivity index (χ1) is 9.33. The summed E-state index contributed by atoms with van der Waals surface area (Å²) in [5.41, 5.74) is 2.72. The van der Waals surface area contributed by atoms with Gasteiger partial charge in [0, 0.05) is 29.5 Å². The van der Waals surface area contributed by atoms with E-state index >= 15 is 0 Å². The summed E-state index contributed by atoms with van der Waals surface area (Å²) in [7, 11) is 0. The number of nitrogens with one attached hydrogen (secondary N) is 1. The number of aryl methyl sites for hydroxylation is 1. The summed E-state index contributed by atoms with van der Waals surface area (Å²) in [6.45, 7) is 0. The SMILES string of the molecule is [O-][S+](CCc1ccccn1)c1nc2ccccc2[nH]1. The van der Waals surface area contributed by atoms with Crippen molar-refractivity contribution in [3.05, 3.63) is 54.4 Å². The zero-order valence-corrected chi connectivity index (χ0v) is 11.1. The Labute approximate surface area is 114 Å². The normalized spacial score (nSPS) is 12.7. The van der Waals surface area contributed by atoms with E-state index in [1.807, 2.05) is 42.5 Å². The lowest BCUT2D eigenvalue weighted by Gasteiger charge is -2.06. The van der Waals surface area contributed by atoms with Gasteiger partial charge in [-0.05, 0) is 24.3 Å². The van der Waals surface area contributed by atoms with Gasteiger partial charge in [-0.2, -0.15) is 4.98 Å². The van der Waals surface area contributed by atoms with Crippen LogP contribution in [0.1, 0.15) is 5.69 Å². The maximum atomic E-state index is 12.2. The average molecular weight is 271 g/mol. The first kappa shape index (κ1) is 12.2. The van der Waals surface area contributed by atoms with Crippen LogP contribution < -0.4 is 0 Å². The third kappa shape index (κ3) is 2.77. The van der Waals surface area contributed by atoms with Crippen LogP contribution in [-0.2, 0) is 17.6 Å². The minimum atomic E-state index is -1.12. The molecule has 2 heterocycles. The van der Waals surface area contributed by atoms with Gasteiger partial charge in [-0.1, -0.05) is 18.2 Å². The Balaban J connectivity index is 1.71. The van der Waals surface area contributed by atoms with Crippen molar-refractivity contribution in [2.75, 3.05) is 5.75 Å². The van der Waals surface area contributed by atoms with Gasteiger partial charge in [0.15, 0.2) is 0 Å². The van der Waals surface area contributed by atoms with Gasteiger partial charge in [0.2, 0.25) is 0 Å². The highest BCUT2D eigenvalue weighted by Gasteiger charge is 2.16. The molecule has 0 aliphatic carbocycles. The second-order valence-electron chi connectivity index (χ2n) is 4.18. The minimum absolute atomic E-state index is 0.525. The van der Waals surface area contributed by atoms with Crippen LogP contribution in [0.4, 0.5) is 0 Å². The van der Waals surface area contributed by atoms with Gasteiger partial charge in [0.05, 0.1) is 11.0 Å². The standard InChI is InChI=1S/C14H13N3OS/c18-19(10-8-11-5-3-4-9-15-11)14-16-12-6-1-2-7-13(12)17-14/h1-7,9H,8,10H2,(H,16,17). The molecule has 3 rings (SSSR count). The van der Waals surface area contributed by atoms with E-state index in [0.717, 1.165) is 16.7 Å². The van der Waals surface area contributed by atoms with Crippen molar-refractivity contribution in [3.8, 4) is 0 Å². The number of para-hydroxylation sites is 2. The van der Waals surface area contributed by atoms with E-state index in [9.17, 15) is 4.55 Å². The Hall–Kier alpha value is -1.85. The predicted molar refractivity (Wildman–Crippen MR) is 75.3 cm³/mol. The molecule has 0 fully saturated rings. The van der Waals surface area contributed by atoms with Gasteiger partial charge in [0.25, 0.3) is 0 Å². The Morgan fingerprint density at radius 3 is 2.74 bits per heavy atom. The fraction of sp³-hybridized carbons (Fsp3) is 0.143. The molecule has 3 aromatic rings. The Morgan fingerprint density at radius 1 is 1.11 bits per heavy atom. The smallest absolute Gasteiger partial charge is 0.321 e. The third-order valence-electron chi connectivity index (χ3n) is 2.85. The molecule has 0 saturated heterocycles. The summed E-state index contributed by atoms with van der Waals surface area (Å²) in [5.74, 6) is 0.525. The van der Waals surface area contributed by atoms with E-state index in [4.69, 9.17) is 0 Å². The van der Waals surface area contributed by atoms with Crippen LogP contribution in [0.3, 0.4) is 0 Å². The maximum Gasteiger partial charge on any atom is 0.321 e. The van der Waals surface area contributed by atoms with E-state index in [1.165, 1.54) is 0 Å². The average Bonchev–Trinajstić information content (AvgIpc) is 2.90. The van der Waals surface area contributed by atoms with E-state index in [1.54, 1.807) is 6.20 Å². The summed E-state index contributed by atoms with van der Waals surface area (Å²) >= 11 is -1.12. The van der Waals surface area contributed by atoms with Crippen molar-refractivity contribution >= 4 is 22.2 Å². The molecule has 1 unspecified atom stereocenters. The Bertz CT molecular complexity index is 636. The van der Waals surface area contributed by atoms with Crippen LogP contribution in [0.2, 0.25) is 0 Å². The molecule has 1 atom stereocenters. The summed E-state index contributed by atoms with van der Waals surface area (Å²) in [6, 6.07) is 13.4. The second kappa shape index (κ2) is 5.42. The largest absolute Gasteiger partial charge is 0.609 e. The van der Waals surface area contributed by atoms with Crippen molar-refractivity contribution in [3.63, 3.8) is 0 Å². The van der Waals surface area contributed by atoms with Crippen LogP contribution in [0.25, 0.3) is 11.0 Å². The van der Waals surface area contributed by atoms with Gasteiger partial charge in [-0.25, -0.2) is 0 Å². The summed E-state index contributed by atoms with van der Waals surface area (Å²) in [4.78, 5) is 11.7. The van der Waals surface area contributed by atoms with E-state index in [0.29, 0.717) is 17.3 Å². The molecule has 0 radical (unpaired) electrons. The number of imidazole rings is 1. The lowest BCUT2D eigenvalue weighted by Crippen LogP contribution is -2.11. The molecule has 0 aliphatic heterocycles. The van der Waals surface area contributed by atoms with Crippen LogP contribution in [0, 0.1) is 0 Å². The predicted octanol–water partition coefficient (Wildman–Crippen LogP) is 2.31. The van der Waals surface area contributed by atoms with Crippen molar-refractivity contribution in [1.82, 2.24) is 15.0 Å². The van der Waals surface area contributed by atoms with E-state index < -0.39 is 11.2 Å². The zero-order valence-electron chi connectivity index (χ0n) is 10.2. The van der Waals surface area contributed by atoms with Crippen LogP contribution in [0.15, 0.2) is 53.8 Å². The molecule has 0 amide bonds. The summed E-state index contributed by atoms with van der Waals surface area (Å²) < 4.78 is 12.2. The molecule has 1 aromatic carbocycles. The van der Waals surface area contributed by atoms with Crippen LogP contribution >= 0.6 is 0 Å². The number of pyridine rings is 1. The maximum absolute atomic E-state index is 12.2. The number of nitrogens with zero attached hydrogens (tertiary/aromatic N) is 2. The first-order valence-corrected chi connectivity index (χ1v) is 7.38. The molecule has 5 heteroatoms. The molecule has 96 valence electrons. The quantitative estimate of drug-likeness (QED) is 0.740. The number of hydrogen-bond donors (Lipinski definition) is 1. The van der Waals surface area contributed by atoms with Crippen molar-refractivity contribution in [2.45, 2.75) is 11.6 Å². The second-order valence-corrected chi connectivity index (χ2v) is 5.67. The highest BCUT2D eigenvalue weighted by atomic mass is 32.2. The number of aromatic nitrogens is 3. The highest BCUT2D eigenvalue weighted by molar-refractivity contribution is 7.91. The molecule has 0 spiro atoms. The van der Waals surface area contributed by atoms with Crippen molar-refractivity contribution in [2.24, 2.45) is 0 Å². The van der Waals surface area contributed by atoms with Gasteiger partial charge < -0.3 is 4.55 Å². The third-order valence-corrected chi connectivity index (χ3v) is 4.05. The molecule has 0 saturated carbocycles. The molecular formula is C14H13N3OS. The minimum Gasteiger partial charge on any atom is -0.609 e. The molecule has 4 nitrogen and oxygen atoms in total. The Morgan fingerprint density at radius 2 is 1.95 bits per heavy atom. The van der Waals surface area contributed by atoms with Gasteiger partial charge in [-0.3, -0.25) is 9.97 Å². The molecule has 1 N–H and O–H groups in total. The first-order valence-electron chi connectivity index (χ1n) is 6.06. The van der Waals surface area contributed by atoms with Crippen molar-refractivity contribution < 1.29 is 4.55 Å².